The van der Waals surface area contributed by atoms with E-state index < -0.39 is 0 Å². The van der Waals surface area contributed by atoms with Gasteiger partial charge in [-0.2, -0.15) is 0 Å². The molecule has 2 heteroatoms. The van der Waals surface area contributed by atoms with Crippen molar-refractivity contribution in [1.29, 1.82) is 0 Å². The minimum atomic E-state index is 0.321. The normalized spacial score (nSPS) is 28.7. The molecule has 1 fully saturated rings. The minimum absolute atomic E-state index is 0.321. The second-order valence-corrected chi connectivity index (χ2v) is 4.25. The summed E-state index contributed by atoms with van der Waals surface area (Å²) in [5.74, 6) is 0. The van der Waals surface area contributed by atoms with E-state index in [2.05, 4.69) is 29.1 Å². The smallest absolute Gasteiger partial charge is 0.174 e. The zero-order chi connectivity index (χ0) is 9.10. The summed E-state index contributed by atoms with van der Waals surface area (Å²) in [6, 6.07) is 6.69. The van der Waals surface area contributed by atoms with Gasteiger partial charge in [0.15, 0.2) is 18.4 Å². The Morgan fingerprint density at radius 1 is 1.00 bits per heavy atom. The zero-order valence-corrected chi connectivity index (χ0v) is 8.45. The van der Waals surface area contributed by atoms with Crippen LogP contribution in [-0.2, 0) is 0 Å². The van der Waals surface area contributed by atoms with Crippen molar-refractivity contribution in [1.82, 2.24) is 0 Å². The van der Waals surface area contributed by atoms with E-state index in [1.54, 1.807) is 0 Å². The largest absolute Gasteiger partial charge is 0.201 e. The van der Waals surface area contributed by atoms with E-state index in [0.717, 1.165) is 6.42 Å². The number of nitrogens with zero attached hydrogens (tertiary/aromatic N) is 1. The maximum atomic E-state index is 6.30. The van der Waals surface area contributed by atoms with Gasteiger partial charge in [0, 0.05) is 18.6 Å². The van der Waals surface area contributed by atoms with Crippen LogP contribution in [0.3, 0.4) is 0 Å². The van der Waals surface area contributed by atoms with Gasteiger partial charge in [-0.25, -0.2) is 4.57 Å². The lowest BCUT2D eigenvalue weighted by Crippen LogP contribution is -2.44. The number of pyridine rings is 1. The fourth-order valence-corrected chi connectivity index (χ4v) is 2.45. The van der Waals surface area contributed by atoms with Gasteiger partial charge in [0.25, 0.3) is 0 Å². The van der Waals surface area contributed by atoms with Crippen LogP contribution in [0.1, 0.15) is 31.7 Å². The van der Waals surface area contributed by atoms with Crippen molar-refractivity contribution in [2.24, 2.45) is 0 Å². The Hall–Kier alpha value is -0.560. The van der Waals surface area contributed by atoms with E-state index in [0.29, 0.717) is 11.4 Å². The Balaban J connectivity index is 2.15. The highest BCUT2D eigenvalue weighted by atomic mass is 35.5. The van der Waals surface area contributed by atoms with Gasteiger partial charge in [-0.05, 0) is 12.8 Å². The van der Waals surface area contributed by atoms with Gasteiger partial charge in [0.2, 0.25) is 0 Å². The topological polar surface area (TPSA) is 3.88 Å². The molecule has 1 aliphatic carbocycles. The van der Waals surface area contributed by atoms with Gasteiger partial charge in [0.1, 0.15) is 0 Å². The molecule has 70 valence electrons. The summed E-state index contributed by atoms with van der Waals surface area (Å²) < 4.78 is 2.25. The summed E-state index contributed by atoms with van der Waals surface area (Å²) in [4.78, 5) is 0. The molecule has 2 atom stereocenters. The van der Waals surface area contributed by atoms with Gasteiger partial charge in [-0.3, -0.25) is 0 Å². The van der Waals surface area contributed by atoms with Crippen molar-refractivity contribution in [3.63, 3.8) is 0 Å². The van der Waals surface area contributed by atoms with Gasteiger partial charge in [0.05, 0.1) is 5.38 Å². The van der Waals surface area contributed by atoms with Crippen molar-refractivity contribution in [2.45, 2.75) is 37.1 Å². The lowest BCUT2D eigenvalue weighted by molar-refractivity contribution is -0.724. The van der Waals surface area contributed by atoms with Crippen LogP contribution in [0.15, 0.2) is 30.6 Å². The maximum absolute atomic E-state index is 6.30. The molecule has 0 amide bonds. The summed E-state index contributed by atoms with van der Waals surface area (Å²) in [7, 11) is 0. The quantitative estimate of drug-likeness (QED) is 0.481. The summed E-state index contributed by atoms with van der Waals surface area (Å²) in [6.07, 6.45) is 9.22. The standard InChI is InChI=1S/C11H15ClN/c12-10-6-2-3-7-11(10)13-8-4-1-5-9-13/h1,4-5,8-11H,2-3,6-7H2/q+1/t10-,11?/m0/s1. The first-order valence-corrected chi connectivity index (χ1v) is 5.41. The summed E-state index contributed by atoms with van der Waals surface area (Å²) in [5, 5.41) is 0.321. The van der Waals surface area contributed by atoms with E-state index >= 15 is 0 Å². The Kier molecular flexibility index (Phi) is 2.84. The predicted molar refractivity (Wildman–Crippen MR) is 53.8 cm³/mol. The number of hydrogen-bond donors (Lipinski definition) is 0. The summed E-state index contributed by atoms with van der Waals surface area (Å²) in [5.41, 5.74) is 0. The van der Waals surface area contributed by atoms with Gasteiger partial charge in [-0.1, -0.05) is 12.5 Å². The fourth-order valence-electron chi connectivity index (χ4n) is 2.03. The third-order valence-corrected chi connectivity index (χ3v) is 3.28. The average Bonchev–Trinajstić information content (AvgIpc) is 2.20. The highest BCUT2D eigenvalue weighted by Crippen LogP contribution is 2.28. The molecule has 2 rings (SSSR count). The minimum Gasteiger partial charge on any atom is -0.201 e. The Bertz CT molecular complexity index is 260. The van der Waals surface area contributed by atoms with Crippen LogP contribution in [0.5, 0.6) is 0 Å². The van der Waals surface area contributed by atoms with E-state index in [1.165, 1.54) is 19.3 Å². The highest BCUT2D eigenvalue weighted by molar-refractivity contribution is 6.20. The molecule has 0 aromatic carbocycles. The van der Waals surface area contributed by atoms with Crippen molar-refractivity contribution in [2.75, 3.05) is 0 Å². The molecule has 1 aromatic heterocycles. The fraction of sp³-hybridized carbons (Fsp3) is 0.545. The monoisotopic (exact) mass is 196 g/mol. The summed E-state index contributed by atoms with van der Waals surface area (Å²) in [6.45, 7) is 0. The first-order valence-electron chi connectivity index (χ1n) is 4.98. The first kappa shape index (κ1) is 9.01. The highest BCUT2D eigenvalue weighted by Gasteiger charge is 2.29. The lowest BCUT2D eigenvalue weighted by Gasteiger charge is -2.22. The molecule has 1 unspecified atom stereocenters. The molecule has 0 bridgehead atoms. The van der Waals surface area contributed by atoms with Crippen LogP contribution >= 0.6 is 11.6 Å². The first-order chi connectivity index (χ1) is 6.38. The molecule has 1 saturated carbocycles. The predicted octanol–water partition coefficient (Wildman–Crippen LogP) is 2.70. The van der Waals surface area contributed by atoms with Crippen molar-refractivity contribution in [3.05, 3.63) is 30.6 Å². The van der Waals surface area contributed by atoms with Crippen LogP contribution in [-0.4, -0.2) is 5.38 Å². The number of hydrogen-bond acceptors (Lipinski definition) is 0. The second-order valence-electron chi connectivity index (χ2n) is 3.69. The van der Waals surface area contributed by atoms with Crippen LogP contribution in [0.4, 0.5) is 0 Å². The molecular weight excluding hydrogens is 182 g/mol. The lowest BCUT2D eigenvalue weighted by atomic mass is 9.94. The van der Waals surface area contributed by atoms with E-state index in [-0.39, 0.29) is 0 Å². The van der Waals surface area contributed by atoms with E-state index in [4.69, 9.17) is 11.6 Å². The van der Waals surface area contributed by atoms with Gasteiger partial charge < -0.3 is 0 Å². The third kappa shape index (κ3) is 2.02. The molecule has 0 spiro atoms. The zero-order valence-electron chi connectivity index (χ0n) is 7.70. The van der Waals surface area contributed by atoms with Crippen LogP contribution in [0, 0.1) is 0 Å². The second kappa shape index (κ2) is 4.10. The third-order valence-electron chi connectivity index (χ3n) is 2.77. The van der Waals surface area contributed by atoms with Crippen molar-refractivity contribution >= 4 is 11.6 Å². The van der Waals surface area contributed by atoms with Crippen LogP contribution in [0.25, 0.3) is 0 Å². The number of halogens is 1. The SMILES string of the molecule is Cl[C@H]1CCCCC1[n+]1ccccc1. The molecule has 0 N–H and O–H groups in total. The molecular formula is C11H15ClN+. The molecule has 0 aliphatic heterocycles. The summed E-state index contributed by atoms with van der Waals surface area (Å²) >= 11 is 6.30. The van der Waals surface area contributed by atoms with E-state index in [9.17, 15) is 0 Å². The average molecular weight is 197 g/mol. The maximum Gasteiger partial charge on any atom is 0.174 e. The molecule has 1 nitrogen and oxygen atoms in total. The van der Waals surface area contributed by atoms with Crippen molar-refractivity contribution < 1.29 is 4.57 Å². The molecule has 1 heterocycles. The molecule has 13 heavy (non-hydrogen) atoms. The molecule has 1 aromatic rings. The van der Waals surface area contributed by atoms with Crippen LogP contribution < -0.4 is 4.57 Å². The number of rotatable bonds is 1. The Morgan fingerprint density at radius 3 is 2.38 bits per heavy atom. The number of aromatic nitrogens is 1. The number of alkyl halides is 1. The van der Waals surface area contributed by atoms with E-state index in [1.807, 2.05) is 6.07 Å². The van der Waals surface area contributed by atoms with Gasteiger partial charge >= 0.3 is 0 Å². The molecule has 0 radical (unpaired) electrons. The van der Waals surface area contributed by atoms with Crippen LogP contribution in [0.2, 0.25) is 0 Å². The van der Waals surface area contributed by atoms with Crippen molar-refractivity contribution in [3.8, 4) is 0 Å². The molecule has 1 aliphatic rings. The van der Waals surface area contributed by atoms with Gasteiger partial charge in [-0.15, -0.1) is 11.6 Å². The Labute approximate surface area is 84.3 Å². The molecule has 0 saturated heterocycles. The Morgan fingerprint density at radius 2 is 1.69 bits per heavy atom.